The van der Waals surface area contributed by atoms with Crippen LogP contribution >= 0.6 is 0 Å². The fourth-order valence-corrected chi connectivity index (χ4v) is 3.06. The Morgan fingerprint density at radius 3 is 2.85 bits per heavy atom. The molecule has 0 saturated heterocycles. The molecule has 1 heterocycles. The normalized spacial score (nSPS) is 21.4. The smallest absolute Gasteiger partial charge is 0.0958 e. The second kappa shape index (κ2) is 4.74. The van der Waals surface area contributed by atoms with Crippen molar-refractivity contribution in [3.8, 4) is 0 Å². The van der Waals surface area contributed by atoms with Gasteiger partial charge in [0.2, 0.25) is 0 Å². The highest BCUT2D eigenvalue weighted by Crippen LogP contribution is 2.39. The molecule has 1 aromatic carbocycles. The van der Waals surface area contributed by atoms with Crippen molar-refractivity contribution >= 4 is 0 Å². The molecule has 1 aliphatic carbocycles. The molecule has 0 saturated carbocycles. The SMILES string of the molecule is Cc1ccc2c(c1)C(O)(Cc1ccn(C(C)C)n1)CC2. The quantitative estimate of drug-likeness (QED) is 0.930. The maximum absolute atomic E-state index is 11.0. The van der Waals surface area contributed by atoms with Crippen LogP contribution in [0.1, 0.15) is 48.7 Å². The van der Waals surface area contributed by atoms with Crippen molar-refractivity contribution in [3.63, 3.8) is 0 Å². The summed E-state index contributed by atoms with van der Waals surface area (Å²) in [5.74, 6) is 0. The van der Waals surface area contributed by atoms with E-state index in [1.165, 1.54) is 11.1 Å². The van der Waals surface area contributed by atoms with E-state index in [4.69, 9.17) is 0 Å². The Morgan fingerprint density at radius 2 is 2.15 bits per heavy atom. The lowest BCUT2D eigenvalue weighted by atomic mass is 9.90. The number of aliphatic hydroxyl groups is 1. The molecule has 3 heteroatoms. The first-order chi connectivity index (χ1) is 9.48. The van der Waals surface area contributed by atoms with E-state index in [0.717, 1.165) is 24.1 Å². The second-order valence-corrected chi connectivity index (χ2v) is 6.25. The van der Waals surface area contributed by atoms with E-state index in [1.54, 1.807) is 0 Å². The van der Waals surface area contributed by atoms with Crippen molar-refractivity contribution in [1.29, 1.82) is 0 Å². The third-order valence-corrected chi connectivity index (χ3v) is 4.24. The van der Waals surface area contributed by atoms with E-state index < -0.39 is 5.60 Å². The molecule has 1 atom stereocenters. The molecular weight excluding hydrogens is 248 g/mol. The van der Waals surface area contributed by atoms with E-state index in [2.05, 4.69) is 44.1 Å². The zero-order chi connectivity index (χ0) is 14.3. The number of aromatic nitrogens is 2. The van der Waals surface area contributed by atoms with E-state index in [-0.39, 0.29) is 0 Å². The number of fused-ring (bicyclic) bond motifs is 1. The molecule has 106 valence electrons. The summed E-state index contributed by atoms with van der Waals surface area (Å²) in [6.07, 6.45) is 4.34. The predicted octanol–water partition coefficient (Wildman–Crippen LogP) is 3.15. The van der Waals surface area contributed by atoms with Gasteiger partial charge in [-0.05, 0) is 50.8 Å². The van der Waals surface area contributed by atoms with Crippen LogP contribution in [0.3, 0.4) is 0 Å². The van der Waals surface area contributed by atoms with Gasteiger partial charge in [-0.15, -0.1) is 0 Å². The minimum atomic E-state index is -0.752. The van der Waals surface area contributed by atoms with Crippen LogP contribution in [0, 0.1) is 6.92 Å². The van der Waals surface area contributed by atoms with Crippen LogP contribution in [0.4, 0.5) is 0 Å². The highest BCUT2D eigenvalue weighted by Gasteiger charge is 2.37. The lowest BCUT2D eigenvalue weighted by Crippen LogP contribution is -2.25. The summed E-state index contributed by atoms with van der Waals surface area (Å²) in [4.78, 5) is 0. The Labute approximate surface area is 120 Å². The minimum Gasteiger partial charge on any atom is -0.385 e. The van der Waals surface area contributed by atoms with Crippen molar-refractivity contribution in [2.24, 2.45) is 0 Å². The summed E-state index contributed by atoms with van der Waals surface area (Å²) in [5, 5.41) is 15.6. The standard InChI is InChI=1S/C17H22N2O/c1-12(2)19-9-7-15(18-19)11-17(20)8-6-14-5-4-13(3)10-16(14)17/h4-5,7,9-10,12,20H,6,8,11H2,1-3H3. The number of hydrogen-bond donors (Lipinski definition) is 1. The summed E-state index contributed by atoms with van der Waals surface area (Å²) in [7, 11) is 0. The third kappa shape index (κ3) is 2.27. The van der Waals surface area contributed by atoms with E-state index >= 15 is 0 Å². The molecule has 1 unspecified atom stereocenters. The van der Waals surface area contributed by atoms with Crippen LogP contribution < -0.4 is 0 Å². The van der Waals surface area contributed by atoms with Crippen molar-refractivity contribution in [1.82, 2.24) is 9.78 Å². The number of benzene rings is 1. The monoisotopic (exact) mass is 270 g/mol. The summed E-state index contributed by atoms with van der Waals surface area (Å²) < 4.78 is 1.95. The van der Waals surface area contributed by atoms with Crippen LogP contribution in [0.15, 0.2) is 30.5 Å². The molecule has 0 spiro atoms. The second-order valence-electron chi connectivity index (χ2n) is 6.25. The first-order valence-corrected chi connectivity index (χ1v) is 7.34. The Balaban J connectivity index is 1.89. The van der Waals surface area contributed by atoms with Crippen LogP contribution in [0.25, 0.3) is 0 Å². The molecule has 20 heavy (non-hydrogen) atoms. The van der Waals surface area contributed by atoms with Gasteiger partial charge in [0.05, 0.1) is 11.3 Å². The van der Waals surface area contributed by atoms with Gasteiger partial charge in [-0.25, -0.2) is 0 Å². The van der Waals surface area contributed by atoms with Gasteiger partial charge in [0.1, 0.15) is 0 Å². The number of hydrogen-bond acceptors (Lipinski definition) is 2. The summed E-state index contributed by atoms with van der Waals surface area (Å²) in [5.41, 5.74) is 3.79. The molecule has 0 radical (unpaired) electrons. The minimum absolute atomic E-state index is 0.358. The van der Waals surface area contributed by atoms with Gasteiger partial charge >= 0.3 is 0 Å². The first-order valence-electron chi connectivity index (χ1n) is 7.34. The summed E-state index contributed by atoms with van der Waals surface area (Å²) in [6, 6.07) is 8.78. The third-order valence-electron chi connectivity index (χ3n) is 4.24. The van der Waals surface area contributed by atoms with Crippen molar-refractivity contribution in [3.05, 3.63) is 52.8 Å². The number of nitrogens with zero attached hydrogens (tertiary/aromatic N) is 2. The van der Waals surface area contributed by atoms with Crippen LogP contribution in [-0.4, -0.2) is 14.9 Å². The summed E-state index contributed by atoms with van der Waals surface area (Å²) in [6.45, 7) is 6.30. The van der Waals surface area contributed by atoms with E-state index in [0.29, 0.717) is 12.5 Å². The molecule has 3 nitrogen and oxygen atoms in total. The number of rotatable bonds is 3. The zero-order valence-corrected chi connectivity index (χ0v) is 12.4. The van der Waals surface area contributed by atoms with Gasteiger partial charge in [-0.2, -0.15) is 5.10 Å². The average molecular weight is 270 g/mol. The highest BCUT2D eigenvalue weighted by molar-refractivity contribution is 5.40. The lowest BCUT2D eigenvalue weighted by molar-refractivity contribution is 0.0377. The first kappa shape index (κ1) is 13.4. The Bertz CT molecular complexity index is 630. The zero-order valence-electron chi connectivity index (χ0n) is 12.4. The Kier molecular flexibility index (Phi) is 3.17. The fourth-order valence-electron chi connectivity index (χ4n) is 3.06. The molecule has 0 bridgehead atoms. The van der Waals surface area contributed by atoms with Gasteiger partial charge in [-0.1, -0.05) is 23.8 Å². The van der Waals surface area contributed by atoms with Gasteiger partial charge in [0.25, 0.3) is 0 Å². The van der Waals surface area contributed by atoms with Crippen molar-refractivity contribution in [2.75, 3.05) is 0 Å². The molecule has 0 fully saturated rings. The van der Waals surface area contributed by atoms with Gasteiger partial charge in [0, 0.05) is 18.7 Å². The topological polar surface area (TPSA) is 38.0 Å². The molecule has 1 aromatic heterocycles. The highest BCUT2D eigenvalue weighted by atomic mass is 16.3. The fraction of sp³-hybridized carbons (Fsp3) is 0.471. The van der Waals surface area contributed by atoms with Gasteiger partial charge in [0.15, 0.2) is 0 Å². The van der Waals surface area contributed by atoms with Gasteiger partial charge in [-0.3, -0.25) is 4.68 Å². The van der Waals surface area contributed by atoms with Crippen LogP contribution in [0.2, 0.25) is 0 Å². The van der Waals surface area contributed by atoms with Crippen LogP contribution in [0.5, 0.6) is 0 Å². The average Bonchev–Trinajstić information content (AvgIpc) is 2.96. The number of aryl methyl sites for hydroxylation is 2. The predicted molar refractivity (Wildman–Crippen MR) is 79.7 cm³/mol. The molecule has 0 aliphatic heterocycles. The van der Waals surface area contributed by atoms with Crippen molar-refractivity contribution in [2.45, 2.75) is 51.7 Å². The molecule has 2 aromatic rings. The van der Waals surface area contributed by atoms with Gasteiger partial charge < -0.3 is 5.11 Å². The lowest BCUT2D eigenvalue weighted by Gasteiger charge is -2.23. The molecule has 0 amide bonds. The largest absolute Gasteiger partial charge is 0.385 e. The maximum Gasteiger partial charge on any atom is 0.0958 e. The van der Waals surface area contributed by atoms with Crippen molar-refractivity contribution < 1.29 is 5.11 Å². The molecule has 3 rings (SSSR count). The van der Waals surface area contributed by atoms with Crippen LogP contribution in [-0.2, 0) is 18.4 Å². The Morgan fingerprint density at radius 1 is 1.35 bits per heavy atom. The molecule has 1 N–H and O–H groups in total. The molecular formula is C17H22N2O. The van der Waals surface area contributed by atoms with E-state index in [1.807, 2.05) is 16.9 Å². The summed E-state index contributed by atoms with van der Waals surface area (Å²) >= 11 is 0. The Hall–Kier alpha value is -1.61. The van der Waals surface area contributed by atoms with E-state index in [9.17, 15) is 5.11 Å². The maximum atomic E-state index is 11.0. The molecule has 1 aliphatic rings.